The zero-order valence-electron chi connectivity index (χ0n) is 11.3. The standard InChI is InChI=1S/C16H14N2O2/c1-10-17-14-8-7-11(9-13(14)16(19)18-10)12-5-3-4-6-15(12)20-2/h3-9H,1-2H3,(H,17,18,19). The number of aromatic amines is 1. The van der Waals surface area contributed by atoms with E-state index in [1.165, 1.54) is 0 Å². The number of benzene rings is 2. The molecule has 0 atom stereocenters. The molecule has 2 aromatic carbocycles. The molecule has 0 spiro atoms. The van der Waals surface area contributed by atoms with Crippen molar-refractivity contribution in [2.45, 2.75) is 6.92 Å². The summed E-state index contributed by atoms with van der Waals surface area (Å²) >= 11 is 0. The van der Waals surface area contributed by atoms with Crippen LogP contribution in [-0.2, 0) is 0 Å². The largest absolute Gasteiger partial charge is 0.496 e. The van der Waals surface area contributed by atoms with Crippen LogP contribution in [0.15, 0.2) is 47.3 Å². The first-order valence-electron chi connectivity index (χ1n) is 6.33. The van der Waals surface area contributed by atoms with Gasteiger partial charge in [-0.05, 0) is 30.7 Å². The van der Waals surface area contributed by atoms with Crippen LogP contribution in [-0.4, -0.2) is 17.1 Å². The Balaban J connectivity index is 2.26. The van der Waals surface area contributed by atoms with Crippen LogP contribution in [0.4, 0.5) is 0 Å². The predicted octanol–water partition coefficient (Wildman–Crippen LogP) is 2.91. The second kappa shape index (κ2) is 4.81. The molecule has 3 aromatic rings. The molecule has 3 rings (SSSR count). The smallest absolute Gasteiger partial charge is 0.258 e. The molecule has 0 fully saturated rings. The van der Waals surface area contributed by atoms with Crippen LogP contribution >= 0.6 is 0 Å². The Morgan fingerprint density at radius 1 is 1.15 bits per heavy atom. The summed E-state index contributed by atoms with van der Waals surface area (Å²) in [5, 5.41) is 0.582. The Morgan fingerprint density at radius 3 is 2.75 bits per heavy atom. The number of H-pyrrole nitrogens is 1. The molecule has 4 heteroatoms. The van der Waals surface area contributed by atoms with Crippen molar-refractivity contribution in [3.63, 3.8) is 0 Å². The van der Waals surface area contributed by atoms with Gasteiger partial charge in [-0.1, -0.05) is 24.3 Å². The monoisotopic (exact) mass is 266 g/mol. The summed E-state index contributed by atoms with van der Waals surface area (Å²) in [4.78, 5) is 19.1. The molecule has 0 unspecified atom stereocenters. The summed E-state index contributed by atoms with van der Waals surface area (Å²) in [6, 6.07) is 13.4. The van der Waals surface area contributed by atoms with Gasteiger partial charge in [0.15, 0.2) is 0 Å². The highest BCUT2D eigenvalue weighted by molar-refractivity contribution is 5.85. The van der Waals surface area contributed by atoms with E-state index in [4.69, 9.17) is 4.74 Å². The number of methoxy groups -OCH3 is 1. The summed E-state index contributed by atoms with van der Waals surface area (Å²) in [6.07, 6.45) is 0. The van der Waals surface area contributed by atoms with E-state index in [2.05, 4.69) is 9.97 Å². The Morgan fingerprint density at radius 2 is 1.95 bits per heavy atom. The average Bonchev–Trinajstić information content (AvgIpc) is 2.47. The van der Waals surface area contributed by atoms with Gasteiger partial charge in [0.05, 0.1) is 18.0 Å². The number of aryl methyl sites for hydroxylation is 1. The van der Waals surface area contributed by atoms with E-state index in [-0.39, 0.29) is 5.56 Å². The van der Waals surface area contributed by atoms with Gasteiger partial charge >= 0.3 is 0 Å². The molecule has 0 bridgehead atoms. The van der Waals surface area contributed by atoms with E-state index in [1.807, 2.05) is 42.5 Å². The number of nitrogens with zero attached hydrogens (tertiary/aromatic N) is 1. The summed E-state index contributed by atoms with van der Waals surface area (Å²) < 4.78 is 5.36. The Labute approximate surface area is 116 Å². The van der Waals surface area contributed by atoms with Gasteiger partial charge in [0.2, 0.25) is 0 Å². The number of fused-ring (bicyclic) bond motifs is 1. The fraction of sp³-hybridized carbons (Fsp3) is 0.125. The van der Waals surface area contributed by atoms with Crippen LogP contribution in [0, 0.1) is 6.92 Å². The number of ether oxygens (including phenoxy) is 1. The second-order valence-electron chi connectivity index (χ2n) is 4.58. The number of hydrogen-bond acceptors (Lipinski definition) is 3. The number of rotatable bonds is 2. The lowest BCUT2D eigenvalue weighted by Gasteiger charge is -2.09. The third-order valence-corrected chi connectivity index (χ3v) is 3.24. The minimum Gasteiger partial charge on any atom is -0.496 e. The molecule has 0 aliphatic rings. The summed E-state index contributed by atoms with van der Waals surface area (Å²) in [5.74, 6) is 1.40. The average molecular weight is 266 g/mol. The number of hydrogen-bond donors (Lipinski definition) is 1. The molecule has 0 aliphatic carbocycles. The SMILES string of the molecule is COc1ccccc1-c1ccc2nc(C)[nH]c(=O)c2c1. The first-order valence-corrected chi connectivity index (χ1v) is 6.33. The van der Waals surface area contributed by atoms with E-state index >= 15 is 0 Å². The highest BCUT2D eigenvalue weighted by atomic mass is 16.5. The molecule has 4 nitrogen and oxygen atoms in total. The van der Waals surface area contributed by atoms with Crippen LogP contribution in [0.25, 0.3) is 22.0 Å². The fourth-order valence-electron chi connectivity index (χ4n) is 2.31. The maximum absolute atomic E-state index is 12.0. The molecule has 100 valence electrons. The molecule has 0 saturated carbocycles. The minimum absolute atomic E-state index is 0.121. The van der Waals surface area contributed by atoms with Gasteiger partial charge in [-0.25, -0.2) is 4.98 Å². The molecule has 0 radical (unpaired) electrons. The van der Waals surface area contributed by atoms with Crippen LogP contribution in [0.5, 0.6) is 5.75 Å². The lowest BCUT2D eigenvalue weighted by Crippen LogP contribution is -2.09. The third-order valence-electron chi connectivity index (χ3n) is 3.24. The van der Waals surface area contributed by atoms with Gasteiger partial charge in [-0.3, -0.25) is 4.79 Å². The molecular formula is C16H14N2O2. The maximum atomic E-state index is 12.0. The first kappa shape index (κ1) is 12.4. The van der Waals surface area contributed by atoms with Gasteiger partial charge in [0, 0.05) is 5.56 Å². The van der Waals surface area contributed by atoms with Gasteiger partial charge < -0.3 is 9.72 Å². The van der Waals surface area contributed by atoms with Gasteiger partial charge in [0.1, 0.15) is 11.6 Å². The van der Waals surface area contributed by atoms with E-state index < -0.39 is 0 Å². The second-order valence-corrected chi connectivity index (χ2v) is 4.58. The molecule has 0 aliphatic heterocycles. The quantitative estimate of drug-likeness (QED) is 0.776. The highest BCUT2D eigenvalue weighted by Crippen LogP contribution is 2.30. The van der Waals surface area contributed by atoms with Gasteiger partial charge in [0.25, 0.3) is 5.56 Å². The van der Waals surface area contributed by atoms with Crippen molar-refractivity contribution in [1.29, 1.82) is 0 Å². The van der Waals surface area contributed by atoms with E-state index in [0.717, 1.165) is 16.9 Å². The maximum Gasteiger partial charge on any atom is 0.258 e. The highest BCUT2D eigenvalue weighted by Gasteiger charge is 2.08. The molecule has 1 aromatic heterocycles. The number of aromatic nitrogens is 2. The summed E-state index contributed by atoms with van der Waals surface area (Å²) in [6.45, 7) is 1.77. The first-order chi connectivity index (χ1) is 9.69. The van der Waals surface area contributed by atoms with E-state index in [0.29, 0.717) is 16.7 Å². The molecule has 0 amide bonds. The zero-order chi connectivity index (χ0) is 14.1. The minimum atomic E-state index is -0.121. The van der Waals surface area contributed by atoms with Crippen molar-refractivity contribution in [3.8, 4) is 16.9 Å². The zero-order valence-corrected chi connectivity index (χ0v) is 11.3. The van der Waals surface area contributed by atoms with Crippen molar-refractivity contribution in [2.75, 3.05) is 7.11 Å². The van der Waals surface area contributed by atoms with Crippen molar-refractivity contribution in [2.24, 2.45) is 0 Å². The lowest BCUT2D eigenvalue weighted by atomic mass is 10.0. The van der Waals surface area contributed by atoms with E-state index in [1.54, 1.807) is 14.0 Å². The number of nitrogens with one attached hydrogen (secondary N) is 1. The van der Waals surface area contributed by atoms with Crippen molar-refractivity contribution >= 4 is 10.9 Å². The van der Waals surface area contributed by atoms with Crippen LogP contribution < -0.4 is 10.3 Å². The van der Waals surface area contributed by atoms with Gasteiger partial charge in [-0.2, -0.15) is 0 Å². The van der Waals surface area contributed by atoms with Gasteiger partial charge in [-0.15, -0.1) is 0 Å². The van der Waals surface area contributed by atoms with Crippen LogP contribution in [0.3, 0.4) is 0 Å². The summed E-state index contributed by atoms with van der Waals surface area (Å²) in [7, 11) is 1.64. The van der Waals surface area contributed by atoms with Crippen molar-refractivity contribution in [1.82, 2.24) is 9.97 Å². The predicted molar refractivity (Wildman–Crippen MR) is 79.1 cm³/mol. The summed E-state index contributed by atoms with van der Waals surface area (Å²) in [5.41, 5.74) is 2.47. The Kier molecular flexibility index (Phi) is 2.99. The Hall–Kier alpha value is -2.62. The topological polar surface area (TPSA) is 55.0 Å². The molecule has 20 heavy (non-hydrogen) atoms. The molecule has 0 saturated heterocycles. The molecule has 1 heterocycles. The Bertz CT molecular complexity index is 837. The number of para-hydroxylation sites is 1. The molecule has 1 N–H and O–H groups in total. The normalized spacial score (nSPS) is 10.7. The van der Waals surface area contributed by atoms with E-state index in [9.17, 15) is 4.79 Å². The third kappa shape index (κ3) is 2.05. The van der Waals surface area contributed by atoms with Crippen molar-refractivity contribution in [3.05, 3.63) is 58.6 Å². The molecular weight excluding hydrogens is 252 g/mol. The van der Waals surface area contributed by atoms with Crippen LogP contribution in [0.1, 0.15) is 5.82 Å². The fourth-order valence-corrected chi connectivity index (χ4v) is 2.31. The van der Waals surface area contributed by atoms with Crippen LogP contribution in [0.2, 0.25) is 0 Å². The lowest BCUT2D eigenvalue weighted by molar-refractivity contribution is 0.416. The van der Waals surface area contributed by atoms with Crippen molar-refractivity contribution < 1.29 is 4.74 Å².